The SMILES string of the molecule is C=C.C=CC.C=CC.CC1=C(/C=C/COC=S)SC(C(C)[Se])N1.CCC.CCCCCc1ccc(C2C=C(C)CCC2)c(C)c1. The van der Waals surface area contributed by atoms with Gasteiger partial charge in [-0.2, -0.15) is 0 Å². The zero-order valence-electron chi connectivity index (χ0n) is 30.3. The van der Waals surface area contributed by atoms with E-state index < -0.39 is 0 Å². The monoisotopic (exact) mass is 720 g/mol. The number of aryl methyl sites for hydroxylation is 2. The van der Waals surface area contributed by atoms with Gasteiger partial charge in [-0.05, 0) is 76.5 Å². The number of hydrogen-bond acceptors (Lipinski definition) is 4. The van der Waals surface area contributed by atoms with Crippen molar-refractivity contribution in [2.24, 2.45) is 0 Å². The molecule has 0 saturated carbocycles. The molecule has 3 unspecified atom stereocenters. The summed E-state index contributed by atoms with van der Waals surface area (Å²) in [4.78, 5) is 1.78. The number of unbranched alkanes of at least 4 members (excludes halogenated alkanes) is 2. The molecule has 5 heteroatoms. The molecule has 1 N–H and O–H groups in total. The number of rotatable bonds is 10. The van der Waals surface area contributed by atoms with Crippen LogP contribution in [0.1, 0.15) is 123 Å². The van der Waals surface area contributed by atoms with E-state index in [2.05, 4.69) is 139 Å². The van der Waals surface area contributed by atoms with Gasteiger partial charge < -0.3 is 0 Å². The van der Waals surface area contributed by atoms with Crippen LogP contribution >= 0.6 is 24.0 Å². The Labute approximate surface area is 298 Å². The summed E-state index contributed by atoms with van der Waals surface area (Å²) >= 11 is 9.53. The molecule has 1 aliphatic carbocycles. The zero-order valence-corrected chi connectivity index (χ0v) is 33.6. The average molecular weight is 720 g/mol. The third kappa shape index (κ3) is 25.0. The second-order valence-corrected chi connectivity index (χ2v) is 13.8. The number of ether oxygens (including phenoxy) is 1. The summed E-state index contributed by atoms with van der Waals surface area (Å²) in [5.74, 6) is 0.665. The Bertz CT molecular complexity index is 990. The van der Waals surface area contributed by atoms with Crippen molar-refractivity contribution in [1.29, 1.82) is 0 Å². The number of allylic oxidation sites excluding steroid dienone is 6. The van der Waals surface area contributed by atoms with E-state index in [9.17, 15) is 0 Å². The third-order valence-electron chi connectivity index (χ3n) is 6.31. The molecular formula is C40H66NOS2Se. The molecular weight excluding hydrogens is 654 g/mol. The van der Waals surface area contributed by atoms with E-state index in [-0.39, 0.29) is 0 Å². The molecule has 2 aliphatic rings. The van der Waals surface area contributed by atoms with Gasteiger partial charge in [0.2, 0.25) is 0 Å². The van der Waals surface area contributed by atoms with Crippen molar-refractivity contribution in [3.05, 3.63) is 108 Å². The van der Waals surface area contributed by atoms with Gasteiger partial charge in [-0.15, -0.1) is 26.3 Å². The first kappa shape index (κ1) is 47.6. The smallest absolute Gasteiger partial charge is 0.00232 e. The van der Waals surface area contributed by atoms with Gasteiger partial charge in [0.15, 0.2) is 0 Å². The van der Waals surface area contributed by atoms with E-state index in [1.165, 1.54) is 78.6 Å². The van der Waals surface area contributed by atoms with Crippen LogP contribution in [0.3, 0.4) is 0 Å². The van der Waals surface area contributed by atoms with E-state index in [1.54, 1.807) is 23.3 Å². The summed E-state index contributed by atoms with van der Waals surface area (Å²) in [5, 5.41) is 3.88. The van der Waals surface area contributed by atoms with Gasteiger partial charge in [0.1, 0.15) is 0 Å². The number of nitrogens with one attached hydrogen (secondary N) is 1. The van der Waals surface area contributed by atoms with E-state index in [0.29, 0.717) is 22.7 Å². The second-order valence-electron chi connectivity index (χ2n) is 10.9. The predicted molar refractivity (Wildman–Crippen MR) is 215 cm³/mol. The van der Waals surface area contributed by atoms with E-state index in [0.717, 1.165) is 0 Å². The normalized spacial score (nSPS) is 16.9. The molecule has 1 aliphatic heterocycles. The van der Waals surface area contributed by atoms with E-state index >= 15 is 0 Å². The quantitative estimate of drug-likeness (QED) is 0.112. The molecule has 45 heavy (non-hydrogen) atoms. The average Bonchev–Trinajstić information content (AvgIpc) is 3.39. The summed E-state index contributed by atoms with van der Waals surface area (Å²) < 4.78 is 4.95. The number of thiocarbonyl (C=S) groups is 1. The van der Waals surface area contributed by atoms with Crippen molar-refractivity contribution in [3.8, 4) is 0 Å². The largest absolute Gasteiger partial charge is 0.0781 e. The van der Waals surface area contributed by atoms with Crippen LogP contribution in [0.2, 0.25) is 4.82 Å². The molecule has 255 valence electrons. The first-order chi connectivity index (χ1) is 21.6. The minimum absolute atomic E-state index is 0.441. The van der Waals surface area contributed by atoms with Crippen LogP contribution in [0.25, 0.3) is 0 Å². The first-order valence-electron chi connectivity index (χ1n) is 16.5. The van der Waals surface area contributed by atoms with Gasteiger partial charge in [-0.1, -0.05) is 82.0 Å². The Balaban J connectivity index is -0.000000603. The fraction of sp³-hybridized carbons (Fsp3) is 0.525. The number of benzene rings is 1. The van der Waals surface area contributed by atoms with Gasteiger partial charge >= 0.3 is 109 Å². The van der Waals surface area contributed by atoms with Crippen LogP contribution in [0.4, 0.5) is 0 Å². The second kappa shape index (κ2) is 33.6. The predicted octanol–water partition coefficient (Wildman–Crippen LogP) is 12.9. The Hall–Kier alpha value is -1.78. The molecule has 2 nitrogen and oxygen atoms in total. The fourth-order valence-electron chi connectivity index (χ4n) is 4.41. The van der Waals surface area contributed by atoms with Crippen molar-refractivity contribution < 1.29 is 4.74 Å². The standard InChI is InChI=1S/C19H28.C10H14NOS2Se.C3H8.2C3H6.C2H4/c1-4-5-6-9-17-11-12-19(16(3)14-17)18-10-7-8-15(2)13-18;1-7-9(4-3-5-12-6-13)14-10(11-7)8(2)15;3*1-3-2;1-2/h11-14,18H,4-10H2,1-3H3;3-4,6,8,10-11H,5H2,1-2H3;3H2,1-2H3;2*3H,1H2,2H3;1-2H2/b;4-3+;;;;. The van der Waals surface area contributed by atoms with Crippen molar-refractivity contribution in [2.75, 3.05) is 6.61 Å². The third-order valence-corrected chi connectivity index (χ3v) is 8.89. The molecule has 1 radical (unpaired) electrons. The van der Waals surface area contributed by atoms with Crippen LogP contribution in [-0.4, -0.2) is 33.5 Å². The number of hydrogen-bond donors (Lipinski definition) is 1. The molecule has 0 amide bonds. The van der Waals surface area contributed by atoms with Crippen LogP contribution in [0.5, 0.6) is 0 Å². The Kier molecular flexibility index (Phi) is 35.5. The molecule has 0 saturated heterocycles. The first-order valence-corrected chi connectivity index (χ1v) is 18.9. The summed E-state index contributed by atoms with van der Waals surface area (Å²) in [7, 11) is 0. The van der Waals surface area contributed by atoms with Gasteiger partial charge in [0.25, 0.3) is 0 Å². The topological polar surface area (TPSA) is 21.3 Å². The van der Waals surface area contributed by atoms with Crippen molar-refractivity contribution in [1.82, 2.24) is 5.32 Å². The Morgan fingerprint density at radius 1 is 1.09 bits per heavy atom. The summed E-state index contributed by atoms with van der Waals surface area (Å²) in [5.41, 5.74) is 8.65. The van der Waals surface area contributed by atoms with Crippen LogP contribution in [-0.2, 0) is 11.2 Å². The molecule has 0 spiro atoms. The minimum Gasteiger partial charge on any atom is -0.0781 e. The van der Waals surface area contributed by atoms with E-state index in [1.807, 2.05) is 31.7 Å². The molecule has 1 heterocycles. The molecule has 0 aromatic heterocycles. The van der Waals surface area contributed by atoms with Crippen LogP contribution < -0.4 is 5.32 Å². The van der Waals surface area contributed by atoms with E-state index in [4.69, 9.17) is 4.74 Å². The maximum absolute atomic E-state index is 4.95. The summed E-state index contributed by atoms with van der Waals surface area (Å²) in [6, 6.07) is 7.16. The maximum Gasteiger partial charge on any atom is 0.00232 e. The van der Waals surface area contributed by atoms with Gasteiger partial charge in [0, 0.05) is 5.92 Å². The molecule has 0 bridgehead atoms. The molecule has 3 atom stereocenters. The fourth-order valence-corrected chi connectivity index (χ4v) is 6.09. The van der Waals surface area contributed by atoms with Gasteiger partial charge in [-0.3, -0.25) is 0 Å². The van der Waals surface area contributed by atoms with Crippen LogP contribution in [0.15, 0.2) is 91.1 Å². The Morgan fingerprint density at radius 3 is 2.16 bits per heavy atom. The van der Waals surface area contributed by atoms with Gasteiger partial charge in [0.05, 0.1) is 0 Å². The summed E-state index contributed by atoms with van der Waals surface area (Å²) in [6.45, 7) is 32.4. The summed E-state index contributed by atoms with van der Waals surface area (Å²) in [6.07, 6.45) is 20.5. The minimum atomic E-state index is 0.441. The maximum atomic E-state index is 4.95. The zero-order chi connectivity index (χ0) is 35.0. The van der Waals surface area contributed by atoms with Crippen molar-refractivity contribution in [2.45, 2.75) is 130 Å². The Morgan fingerprint density at radius 2 is 1.69 bits per heavy atom. The number of thioether (sulfide) groups is 1. The molecule has 1 aromatic carbocycles. The van der Waals surface area contributed by atoms with Crippen molar-refractivity contribution in [3.63, 3.8) is 0 Å². The molecule has 1 aromatic rings. The molecule has 0 fully saturated rings. The van der Waals surface area contributed by atoms with Crippen LogP contribution in [0, 0.1) is 6.92 Å². The van der Waals surface area contributed by atoms with Crippen molar-refractivity contribution >= 4 is 45.5 Å². The van der Waals surface area contributed by atoms with Gasteiger partial charge in [-0.25, -0.2) is 0 Å². The molecule has 3 rings (SSSR count).